The summed E-state index contributed by atoms with van der Waals surface area (Å²) < 4.78 is 23.2. The van der Waals surface area contributed by atoms with Crippen molar-refractivity contribution in [2.24, 2.45) is 5.14 Å². The maximum absolute atomic E-state index is 13.0. The lowest BCUT2D eigenvalue weighted by molar-refractivity contribution is -0.117. The molecule has 0 bridgehead atoms. The summed E-state index contributed by atoms with van der Waals surface area (Å²) in [6.45, 7) is 6.27. The summed E-state index contributed by atoms with van der Waals surface area (Å²) in [5, 5.41) is 5.22. The average Bonchev–Trinajstić information content (AvgIpc) is 2.87. The number of fused-ring (bicyclic) bond motifs is 1. The predicted octanol–water partition coefficient (Wildman–Crippen LogP) is 2.36. The quantitative estimate of drug-likeness (QED) is 0.873. The lowest BCUT2D eigenvalue weighted by atomic mass is 10.1. The van der Waals surface area contributed by atoms with Crippen LogP contribution < -0.4 is 14.9 Å². The van der Waals surface area contributed by atoms with Gasteiger partial charge in [-0.3, -0.25) is 4.79 Å². The van der Waals surface area contributed by atoms with E-state index < -0.39 is 10.0 Å². The number of nitrogens with two attached hydrogens (primary N) is 1. The minimum absolute atomic E-state index is 0.0220. The summed E-state index contributed by atoms with van der Waals surface area (Å²) >= 11 is 0. The summed E-state index contributed by atoms with van der Waals surface area (Å²) in [6, 6.07) is 10.9. The first-order chi connectivity index (χ1) is 12.6. The van der Waals surface area contributed by atoms with Crippen molar-refractivity contribution < 1.29 is 13.2 Å². The molecular weight excluding hydrogens is 362 g/mol. The summed E-state index contributed by atoms with van der Waals surface area (Å²) in [6.07, 6.45) is 0.609. The van der Waals surface area contributed by atoms with Crippen molar-refractivity contribution in [1.29, 1.82) is 0 Å². The van der Waals surface area contributed by atoms with E-state index in [9.17, 15) is 13.2 Å². The van der Waals surface area contributed by atoms with E-state index in [4.69, 9.17) is 5.14 Å². The first-order valence-electron chi connectivity index (χ1n) is 8.83. The van der Waals surface area contributed by atoms with Gasteiger partial charge < -0.3 is 9.80 Å². The monoisotopic (exact) mass is 387 g/mol. The molecule has 0 aromatic heterocycles. The minimum Gasteiger partial charge on any atom is -0.365 e. The SMILES string of the molecule is Cc1cc(C)cc(N(C)CC(=O)N2c3ccc(S(N)(=O)=O)cc3CC2C)c1. The van der Waals surface area contributed by atoms with Crippen LogP contribution in [0, 0.1) is 13.8 Å². The maximum atomic E-state index is 13.0. The van der Waals surface area contributed by atoms with E-state index in [0.29, 0.717) is 6.42 Å². The number of likely N-dealkylation sites (N-methyl/N-ethyl adjacent to an activating group) is 1. The van der Waals surface area contributed by atoms with Crippen LogP contribution >= 0.6 is 0 Å². The van der Waals surface area contributed by atoms with E-state index in [1.807, 2.05) is 32.7 Å². The standard InChI is InChI=1S/C20H25N3O3S/c1-13-7-14(2)9-17(8-13)22(4)12-20(24)23-15(3)10-16-11-18(27(21,25)26)5-6-19(16)23/h5-9,11,15H,10,12H2,1-4H3,(H2,21,25,26). The van der Waals surface area contributed by atoms with Crippen molar-refractivity contribution in [3.63, 3.8) is 0 Å². The van der Waals surface area contributed by atoms with Gasteiger partial charge in [-0.1, -0.05) is 6.07 Å². The maximum Gasteiger partial charge on any atom is 0.246 e. The Kier molecular flexibility index (Phi) is 5.01. The fraction of sp³-hybridized carbons (Fsp3) is 0.350. The van der Waals surface area contributed by atoms with Gasteiger partial charge in [0.25, 0.3) is 0 Å². The molecule has 0 spiro atoms. The lowest BCUT2D eigenvalue weighted by Crippen LogP contribution is -2.42. The third-order valence-corrected chi connectivity index (χ3v) is 5.79. The smallest absolute Gasteiger partial charge is 0.246 e. The van der Waals surface area contributed by atoms with E-state index in [0.717, 1.165) is 28.1 Å². The third kappa shape index (κ3) is 3.99. The Labute approximate surface area is 160 Å². The van der Waals surface area contributed by atoms with Crippen molar-refractivity contribution in [3.8, 4) is 0 Å². The molecule has 0 aliphatic carbocycles. The van der Waals surface area contributed by atoms with Crippen molar-refractivity contribution >= 4 is 27.3 Å². The highest BCUT2D eigenvalue weighted by Crippen LogP contribution is 2.34. The largest absolute Gasteiger partial charge is 0.365 e. The number of primary sulfonamides is 1. The molecule has 1 aliphatic heterocycles. The molecule has 1 unspecified atom stereocenters. The highest BCUT2D eigenvalue weighted by Gasteiger charge is 2.32. The van der Waals surface area contributed by atoms with Crippen LogP contribution in [0.15, 0.2) is 41.3 Å². The zero-order valence-corrected chi connectivity index (χ0v) is 16.9. The molecule has 3 rings (SSSR count). The van der Waals surface area contributed by atoms with Crippen LogP contribution in [0.1, 0.15) is 23.6 Å². The highest BCUT2D eigenvalue weighted by atomic mass is 32.2. The van der Waals surface area contributed by atoms with Gasteiger partial charge in [0.1, 0.15) is 0 Å². The van der Waals surface area contributed by atoms with Gasteiger partial charge in [0, 0.05) is 24.5 Å². The van der Waals surface area contributed by atoms with Gasteiger partial charge in [0.15, 0.2) is 0 Å². The second-order valence-electron chi connectivity index (χ2n) is 7.35. The first kappa shape index (κ1) is 19.4. The number of hydrogen-bond donors (Lipinski definition) is 1. The number of nitrogens with zero attached hydrogens (tertiary/aromatic N) is 2. The number of hydrogen-bond acceptors (Lipinski definition) is 4. The number of benzene rings is 2. The number of rotatable bonds is 4. The molecule has 27 heavy (non-hydrogen) atoms. The predicted molar refractivity (Wildman–Crippen MR) is 108 cm³/mol. The molecule has 1 atom stereocenters. The van der Waals surface area contributed by atoms with Gasteiger partial charge in [-0.05, 0) is 74.2 Å². The van der Waals surface area contributed by atoms with Crippen LogP contribution in [-0.2, 0) is 21.2 Å². The second kappa shape index (κ2) is 6.98. The topological polar surface area (TPSA) is 83.7 Å². The number of amides is 1. The number of sulfonamides is 1. The zero-order chi connectivity index (χ0) is 19.9. The van der Waals surface area contributed by atoms with E-state index in [1.54, 1.807) is 17.0 Å². The molecule has 2 aromatic rings. The lowest BCUT2D eigenvalue weighted by Gasteiger charge is -2.27. The summed E-state index contributed by atoms with van der Waals surface area (Å²) in [5.74, 6) is -0.0220. The van der Waals surface area contributed by atoms with Crippen LogP contribution in [0.5, 0.6) is 0 Å². The molecule has 2 N–H and O–H groups in total. The molecule has 2 aromatic carbocycles. The highest BCUT2D eigenvalue weighted by molar-refractivity contribution is 7.89. The molecule has 1 amide bonds. The molecule has 0 fully saturated rings. The Balaban J connectivity index is 1.84. The molecule has 7 heteroatoms. The van der Waals surface area contributed by atoms with Crippen LogP contribution in [0.4, 0.5) is 11.4 Å². The molecule has 0 radical (unpaired) electrons. The number of carbonyl (C=O) groups excluding carboxylic acids is 1. The molecule has 1 heterocycles. The molecular formula is C20H25N3O3S. The van der Waals surface area contributed by atoms with Crippen LogP contribution in [0.25, 0.3) is 0 Å². The van der Waals surface area contributed by atoms with E-state index in [-0.39, 0.29) is 23.4 Å². The van der Waals surface area contributed by atoms with Crippen LogP contribution in [0.2, 0.25) is 0 Å². The van der Waals surface area contributed by atoms with Crippen LogP contribution in [0.3, 0.4) is 0 Å². The van der Waals surface area contributed by atoms with E-state index in [1.165, 1.54) is 6.07 Å². The Morgan fingerprint density at radius 3 is 2.41 bits per heavy atom. The Bertz CT molecular complexity index is 981. The second-order valence-corrected chi connectivity index (χ2v) is 8.92. The first-order valence-corrected chi connectivity index (χ1v) is 10.4. The summed E-state index contributed by atoms with van der Waals surface area (Å²) in [5.41, 5.74) is 4.89. The molecule has 144 valence electrons. The van der Waals surface area contributed by atoms with Gasteiger partial charge in [0.05, 0.1) is 11.4 Å². The Hall–Kier alpha value is -2.38. The Morgan fingerprint density at radius 2 is 1.81 bits per heavy atom. The van der Waals surface area contributed by atoms with Gasteiger partial charge in [0.2, 0.25) is 15.9 Å². The fourth-order valence-corrected chi connectivity index (χ4v) is 4.27. The molecule has 1 aliphatic rings. The number of anilines is 2. The zero-order valence-electron chi connectivity index (χ0n) is 16.1. The average molecular weight is 388 g/mol. The fourth-order valence-electron chi connectivity index (χ4n) is 3.71. The third-order valence-electron chi connectivity index (χ3n) is 4.88. The summed E-state index contributed by atoms with van der Waals surface area (Å²) in [4.78, 5) is 16.8. The molecule has 0 saturated heterocycles. The molecule has 0 saturated carbocycles. The number of aryl methyl sites for hydroxylation is 2. The normalized spacial score (nSPS) is 16.3. The minimum atomic E-state index is -3.75. The van der Waals surface area contributed by atoms with Gasteiger partial charge >= 0.3 is 0 Å². The molecule has 6 nitrogen and oxygen atoms in total. The van der Waals surface area contributed by atoms with Crippen molar-refractivity contribution in [1.82, 2.24) is 0 Å². The van der Waals surface area contributed by atoms with Crippen molar-refractivity contribution in [2.75, 3.05) is 23.4 Å². The van der Waals surface area contributed by atoms with Gasteiger partial charge in [-0.25, -0.2) is 13.6 Å². The summed E-state index contributed by atoms with van der Waals surface area (Å²) in [7, 11) is -1.85. The van der Waals surface area contributed by atoms with E-state index in [2.05, 4.69) is 18.2 Å². The Morgan fingerprint density at radius 1 is 1.19 bits per heavy atom. The number of carbonyl (C=O) groups is 1. The van der Waals surface area contributed by atoms with Gasteiger partial charge in [-0.2, -0.15) is 0 Å². The van der Waals surface area contributed by atoms with Gasteiger partial charge in [-0.15, -0.1) is 0 Å². The van der Waals surface area contributed by atoms with Crippen molar-refractivity contribution in [2.45, 2.75) is 38.1 Å². The van der Waals surface area contributed by atoms with Crippen molar-refractivity contribution in [3.05, 3.63) is 53.1 Å². The van der Waals surface area contributed by atoms with E-state index >= 15 is 0 Å². The van der Waals surface area contributed by atoms with Crippen LogP contribution in [-0.4, -0.2) is 34.0 Å².